The Kier molecular flexibility index (Phi) is 3.14. The monoisotopic (exact) mass is 270 g/mol. The van der Waals surface area contributed by atoms with Gasteiger partial charge in [-0.25, -0.2) is 4.39 Å². The number of hydrogen-bond acceptors (Lipinski definition) is 3. The molecular weight excluding hydrogens is 255 g/mol. The summed E-state index contributed by atoms with van der Waals surface area (Å²) in [5.41, 5.74) is 6.50. The van der Waals surface area contributed by atoms with Gasteiger partial charge in [0.25, 0.3) is 0 Å². The molecule has 2 aromatic rings. The van der Waals surface area contributed by atoms with E-state index in [0.29, 0.717) is 17.7 Å². The van der Waals surface area contributed by atoms with Crippen molar-refractivity contribution in [3.8, 4) is 5.75 Å². The van der Waals surface area contributed by atoms with Crippen LogP contribution in [0.2, 0.25) is 0 Å². The second-order valence-electron chi connectivity index (χ2n) is 5.02. The minimum Gasteiger partial charge on any atom is -0.507 e. The first-order chi connectivity index (χ1) is 9.63. The summed E-state index contributed by atoms with van der Waals surface area (Å²) >= 11 is 0. The van der Waals surface area contributed by atoms with Crippen molar-refractivity contribution in [3.05, 3.63) is 65.0 Å². The van der Waals surface area contributed by atoms with Crippen molar-refractivity contribution in [2.24, 2.45) is 5.10 Å². The minimum absolute atomic E-state index is 0.0523. The molecule has 1 atom stereocenters. The maximum Gasteiger partial charge on any atom is 0.124 e. The zero-order chi connectivity index (χ0) is 14.1. The Labute approximate surface area is 116 Å². The van der Waals surface area contributed by atoms with Crippen LogP contribution in [0.1, 0.15) is 29.2 Å². The Morgan fingerprint density at radius 1 is 1.20 bits per heavy atom. The molecule has 0 bridgehead atoms. The molecule has 0 amide bonds. The standard InChI is InChI=1S/C16H15FN2O/c1-10-2-4-11(5-3-10)14-9-15(19-18-14)13-8-12(17)6-7-16(13)20/h2-8,14,18,20H,9H2,1H3. The fourth-order valence-corrected chi connectivity index (χ4v) is 2.34. The van der Waals surface area contributed by atoms with Gasteiger partial charge in [0, 0.05) is 12.0 Å². The number of benzene rings is 2. The van der Waals surface area contributed by atoms with Crippen molar-refractivity contribution in [1.29, 1.82) is 0 Å². The second-order valence-corrected chi connectivity index (χ2v) is 5.02. The van der Waals surface area contributed by atoms with Gasteiger partial charge in [-0.1, -0.05) is 29.8 Å². The molecule has 0 fully saturated rings. The molecule has 3 nitrogen and oxygen atoms in total. The average molecular weight is 270 g/mol. The summed E-state index contributed by atoms with van der Waals surface area (Å²) in [5.74, 6) is -0.323. The third-order valence-electron chi connectivity index (χ3n) is 3.50. The average Bonchev–Trinajstić information content (AvgIpc) is 2.92. The van der Waals surface area contributed by atoms with E-state index < -0.39 is 0 Å². The van der Waals surface area contributed by atoms with Gasteiger partial charge in [-0.05, 0) is 30.7 Å². The maximum atomic E-state index is 13.3. The van der Waals surface area contributed by atoms with E-state index in [1.165, 1.54) is 23.8 Å². The lowest BCUT2D eigenvalue weighted by Crippen LogP contribution is -2.09. The van der Waals surface area contributed by atoms with Gasteiger partial charge in [-0.2, -0.15) is 5.10 Å². The summed E-state index contributed by atoms with van der Waals surface area (Å²) in [5, 5.41) is 14.0. The molecule has 0 saturated carbocycles. The van der Waals surface area contributed by atoms with E-state index in [0.717, 1.165) is 5.56 Å². The van der Waals surface area contributed by atoms with Gasteiger partial charge in [0.1, 0.15) is 11.6 Å². The lowest BCUT2D eigenvalue weighted by molar-refractivity contribution is 0.471. The fraction of sp³-hybridized carbons (Fsp3) is 0.188. The highest BCUT2D eigenvalue weighted by Crippen LogP contribution is 2.28. The molecule has 102 valence electrons. The van der Waals surface area contributed by atoms with Crippen LogP contribution in [0.5, 0.6) is 5.75 Å². The molecule has 4 heteroatoms. The van der Waals surface area contributed by atoms with Gasteiger partial charge in [0.15, 0.2) is 0 Å². The van der Waals surface area contributed by atoms with E-state index in [1.54, 1.807) is 0 Å². The van der Waals surface area contributed by atoms with Crippen molar-refractivity contribution in [2.45, 2.75) is 19.4 Å². The topological polar surface area (TPSA) is 44.6 Å². The number of aryl methyl sites for hydroxylation is 1. The van der Waals surface area contributed by atoms with E-state index in [9.17, 15) is 9.50 Å². The number of phenolic OH excluding ortho intramolecular Hbond substituents is 1. The molecule has 1 heterocycles. The highest BCUT2D eigenvalue weighted by molar-refractivity contribution is 6.03. The van der Waals surface area contributed by atoms with Gasteiger partial charge in [-0.3, -0.25) is 0 Å². The Morgan fingerprint density at radius 2 is 1.95 bits per heavy atom. The van der Waals surface area contributed by atoms with Crippen LogP contribution in [0.25, 0.3) is 0 Å². The number of phenols is 1. The molecule has 1 aliphatic heterocycles. The van der Waals surface area contributed by atoms with E-state index in [1.807, 2.05) is 6.92 Å². The van der Waals surface area contributed by atoms with Crippen LogP contribution in [0.15, 0.2) is 47.6 Å². The number of rotatable bonds is 2. The van der Waals surface area contributed by atoms with Gasteiger partial charge in [0.05, 0.1) is 11.8 Å². The van der Waals surface area contributed by atoms with E-state index in [4.69, 9.17) is 0 Å². The smallest absolute Gasteiger partial charge is 0.124 e. The number of hydrogen-bond donors (Lipinski definition) is 2. The van der Waals surface area contributed by atoms with E-state index in [2.05, 4.69) is 34.8 Å². The second kappa shape index (κ2) is 4.96. The molecule has 3 rings (SSSR count). The van der Waals surface area contributed by atoms with Crippen LogP contribution < -0.4 is 5.43 Å². The third-order valence-corrected chi connectivity index (χ3v) is 3.50. The number of halogens is 1. The summed E-state index contributed by atoms with van der Waals surface area (Å²) in [7, 11) is 0. The van der Waals surface area contributed by atoms with Gasteiger partial charge < -0.3 is 10.5 Å². The summed E-state index contributed by atoms with van der Waals surface area (Å²) in [6.07, 6.45) is 0.625. The van der Waals surface area contributed by atoms with Crippen LogP contribution in [-0.4, -0.2) is 10.8 Å². The van der Waals surface area contributed by atoms with Crippen molar-refractivity contribution < 1.29 is 9.50 Å². The van der Waals surface area contributed by atoms with Crippen LogP contribution in [0.3, 0.4) is 0 Å². The van der Waals surface area contributed by atoms with Gasteiger partial charge in [-0.15, -0.1) is 0 Å². The highest BCUT2D eigenvalue weighted by atomic mass is 19.1. The molecule has 0 aliphatic carbocycles. The fourth-order valence-electron chi connectivity index (χ4n) is 2.34. The molecule has 0 radical (unpaired) electrons. The third kappa shape index (κ3) is 2.37. The van der Waals surface area contributed by atoms with Crippen molar-refractivity contribution in [3.63, 3.8) is 0 Å². The summed E-state index contributed by atoms with van der Waals surface area (Å²) in [6, 6.07) is 12.2. The first kappa shape index (κ1) is 12.7. The first-order valence-corrected chi connectivity index (χ1v) is 6.51. The predicted octanol–water partition coefficient (Wildman–Crippen LogP) is 3.28. The Hall–Kier alpha value is -2.36. The maximum absolute atomic E-state index is 13.3. The first-order valence-electron chi connectivity index (χ1n) is 6.51. The highest BCUT2D eigenvalue weighted by Gasteiger charge is 2.23. The normalized spacial score (nSPS) is 17.7. The number of nitrogens with one attached hydrogen (secondary N) is 1. The summed E-state index contributed by atoms with van der Waals surface area (Å²) < 4.78 is 13.3. The van der Waals surface area contributed by atoms with Crippen LogP contribution in [0, 0.1) is 12.7 Å². The van der Waals surface area contributed by atoms with Gasteiger partial charge >= 0.3 is 0 Å². The SMILES string of the molecule is Cc1ccc(C2CC(c3cc(F)ccc3O)=NN2)cc1. The molecule has 1 aliphatic rings. The Bertz CT molecular complexity index is 665. The molecule has 1 unspecified atom stereocenters. The number of hydrazone groups is 1. The molecule has 0 saturated heterocycles. The lowest BCUT2D eigenvalue weighted by Gasteiger charge is -2.10. The van der Waals surface area contributed by atoms with E-state index in [-0.39, 0.29) is 17.6 Å². The zero-order valence-corrected chi connectivity index (χ0v) is 11.1. The molecule has 0 aromatic heterocycles. The minimum atomic E-state index is -0.376. The molecule has 20 heavy (non-hydrogen) atoms. The van der Waals surface area contributed by atoms with Crippen LogP contribution in [-0.2, 0) is 0 Å². The van der Waals surface area contributed by atoms with Crippen molar-refractivity contribution >= 4 is 5.71 Å². The van der Waals surface area contributed by atoms with Crippen LogP contribution >= 0.6 is 0 Å². The molecule has 0 spiro atoms. The Balaban J connectivity index is 1.82. The largest absolute Gasteiger partial charge is 0.507 e. The zero-order valence-electron chi connectivity index (χ0n) is 11.1. The molecular formula is C16H15FN2O. The molecule has 2 aromatic carbocycles. The van der Waals surface area contributed by atoms with Crippen molar-refractivity contribution in [2.75, 3.05) is 0 Å². The number of aromatic hydroxyl groups is 1. The predicted molar refractivity (Wildman–Crippen MR) is 76.3 cm³/mol. The van der Waals surface area contributed by atoms with Crippen molar-refractivity contribution in [1.82, 2.24) is 5.43 Å². The molecule has 2 N–H and O–H groups in total. The summed E-state index contributed by atoms with van der Waals surface area (Å²) in [6.45, 7) is 2.04. The van der Waals surface area contributed by atoms with E-state index >= 15 is 0 Å². The number of nitrogens with zero attached hydrogens (tertiary/aromatic N) is 1. The lowest BCUT2D eigenvalue weighted by atomic mass is 9.98. The van der Waals surface area contributed by atoms with Crippen LogP contribution in [0.4, 0.5) is 4.39 Å². The quantitative estimate of drug-likeness (QED) is 0.879. The Morgan fingerprint density at radius 3 is 2.70 bits per heavy atom. The van der Waals surface area contributed by atoms with Gasteiger partial charge in [0.2, 0.25) is 0 Å². The summed E-state index contributed by atoms with van der Waals surface area (Å²) in [4.78, 5) is 0.